The van der Waals surface area contributed by atoms with Gasteiger partial charge < -0.3 is 9.32 Å². The first-order valence-electron chi connectivity index (χ1n) is 17.9. The van der Waals surface area contributed by atoms with E-state index in [1.807, 2.05) is 11.3 Å². The molecule has 0 bridgehead atoms. The van der Waals surface area contributed by atoms with Crippen LogP contribution in [0.25, 0.3) is 75.1 Å². The fraction of sp³-hybridized carbons (Fsp3) is 0.0417. The summed E-state index contributed by atoms with van der Waals surface area (Å²) >= 11 is 1.87. The lowest BCUT2D eigenvalue weighted by Crippen LogP contribution is -2.49. The summed E-state index contributed by atoms with van der Waals surface area (Å²) in [7, 11) is -2.06. The molecule has 0 saturated heterocycles. The van der Waals surface area contributed by atoms with Crippen LogP contribution in [0.5, 0.6) is 0 Å². The van der Waals surface area contributed by atoms with E-state index in [1.54, 1.807) is 0 Å². The van der Waals surface area contributed by atoms with Gasteiger partial charge in [-0.2, -0.15) is 0 Å². The van der Waals surface area contributed by atoms with Gasteiger partial charge in [-0.05, 0) is 86.4 Å². The summed E-state index contributed by atoms with van der Waals surface area (Å²) < 4.78 is 9.23. The maximum atomic E-state index is 6.62. The molecule has 0 unspecified atom stereocenters. The smallest absolute Gasteiger partial charge is 0.143 e. The van der Waals surface area contributed by atoms with Crippen molar-refractivity contribution in [3.8, 4) is 22.3 Å². The van der Waals surface area contributed by atoms with Crippen LogP contribution in [-0.2, 0) is 0 Å². The molecule has 0 spiro atoms. The number of para-hydroxylation sites is 1. The molecule has 1 aliphatic heterocycles. The van der Waals surface area contributed by atoms with E-state index >= 15 is 0 Å². The lowest BCUT2D eigenvalue weighted by molar-refractivity contribution is 0.670. The third-order valence-corrected chi connectivity index (χ3v) is 15.9. The highest BCUT2D eigenvalue weighted by molar-refractivity contribution is 7.25. The summed E-state index contributed by atoms with van der Waals surface area (Å²) in [5, 5.41) is 10.4. The fourth-order valence-corrected chi connectivity index (χ4v) is 12.9. The van der Waals surface area contributed by atoms with Gasteiger partial charge >= 0.3 is 0 Å². The van der Waals surface area contributed by atoms with E-state index in [0.717, 1.165) is 22.5 Å². The monoisotopic (exact) mass is 699 g/mol. The molecule has 4 heteroatoms. The number of rotatable bonds is 4. The molecule has 0 fully saturated rings. The van der Waals surface area contributed by atoms with Crippen LogP contribution < -0.4 is 15.3 Å². The zero-order valence-corrected chi connectivity index (χ0v) is 30.7. The van der Waals surface area contributed by atoms with Gasteiger partial charge in [0, 0.05) is 53.6 Å². The largest absolute Gasteiger partial charge is 0.455 e. The number of anilines is 3. The highest BCUT2D eigenvalue weighted by Gasteiger charge is 2.40. The topological polar surface area (TPSA) is 16.4 Å². The van der Waals surface area contributed by atoms with Crippen molar-refractivity contribution in [3.05, 3.63) is 164 Å². The quantitative estimate of drug-likeness (QED) is 0.170. The van der Waals surface area contributed by atoms with Crippen LogP contribution in [0, 0.1) is 0 Å². The Labute approximate surface area is 306 Å². The highest BCUT2D eigenvalue weighted by atomic mass is 32.1. The van der Waals surface area contributed by atoms with Crippen LogP contribution >= 0.6 is 11.3 Å². The number of benzene rings is 8. The first-order valence-corrected chi connectivity index (χ1v) is 21.7. The number of nitrogens with zero attached hydrogens (tertiary/aromatic N) is 1. The van der Waals surface area contributed by atoms with Gasteiger partial charge in [0.1, 0.15) is 19.2 Å². The van der Waals surface area contributed by atoms with Crippen LogP contribution in [-0.4, -0.2) is 8.07 Å². The van der Waals surface area contributed by atoms with Gasteiger partial charge in [0.15, 0.2) is 0 Å². The van der Waals surface area contributed by atoms with E-state index in [4.69, 9.17) is 4.42 Å². The van der Waals surface area contributed by atoms with Crippen molar-refractivity contribution in [1.82, 2.24) is 0 Å². The maximum absolute atomic E-state index is 6.62. The van der Waals surface area contributed by atoms with Crippen LogP contribution in [0.2, 0.25) is 13.1 Å². The SMILES string of the molecule is C[Si]1(C)c2cc(N(c3ccc(-c4cccc5ccccc45)cc3)c3ccc4c(c3)sc3ccccc34)ccc2-c2c1ccc1c2oc2ccccc21. The minimum absolute atomic E-state index is 0.949. The average Bonchev–Trinajstić information content (AvgIpc) is 3.82. The van der Waals surface area contributed by atoms with Gasteiger partial charge in [-0.1, -0.05) is 128 Å². The molecular weight excluding hydrogens is 667 g/mol. The zero-order valence-electron chi connectivity index (χ0n) is 28.9. The van der Waals surface area contributed by atoms with E-state index in [9.17, 15) is 0 Å². The normalized spacial score (nSPS) is 13.3. The molecule has 1 aliphatic rings. The van der Waals surface area contributed by atoms with Gasteiger partial charge in [-0.3, -0.25) is 0 Å². The van der Waals surface area contributed by atoms with Crippen LogP contribution in [0.1, 0.15) is 0 Å². The van der Waals surface area contributed by atoms with E-state index in [-0.39, 0.29) is 0 Å². The molecule has 10 aromatic rings. The van der Waals surface area contributed by atoms with Gasteiger partial charge in [0.05, 0.1) is 0 Å². The summed E-state index contributed by atoms with van der Waals surface area (Å²) in [6, 6.07) is 60.3. The third kappa shape index (κ3) is 4.29. The van der Waals surface area contributed by atoms with Gasteiger partial charge in [-0.25, -0.2) is 0 Å². The molecule has 0 aliphatic carbocycles. The van der Waals surface area contributed by atoms with Crippen molar-refractivity contribution in [1.29, 1.82) is 0 Å². The second-order valence-corrected chi connectivity index (χ2v) is 19.9. The molecular formula is C48H33NOSSi. The molecule has 0 N–H and O–H groups in total. The van der Waals surface area contributed by atoms with Crippen molar-refractivity contribution in [2.75, 3.05) is 4.90 Å². The lowest BCUT2D eigenvalue weighted by Gasteiger charge is -2.28. The Morgan fingerprint density at radius 3 is 2.04 bits per heavy atom. The van der Waals surface area contributed by atoms with Crippen molar-refractivity contribution in [3.63, 3.8) is 0 Å². The Kier molecular flexibility index (Phi) is 6.31. The van der Waals surface area contributed by atoms with Crippen molar-refractivity contribution < 1.29 is 4.42 Å². The highest BCUT2D eigenvalue weighted by Crippen LogP contribution is 2.44. The summed E-state index contributed by atoms with van der Waals surface area (Å²) in [5.41, 5.74) is 10.5. The van der Waals surface area contributed by atoms with Crippen LogP contribution in [0.4, 0.5) is 17.1 Å². The van der Waals surface area contributed by atoms with Crippen molar-refractivity contribution in [2.24, 2.45) is 0 Å². The molecule has 52 heavy (non-hydrogen) atoms. The van der Waals surface area contributed by atoms with E-state index < -0.39 is 8.07 Å². The van der Waals surface area contributed by atoms with E-state index in [2.05, 4.69) is 182 Å². The molecule has 0 atom stereocenters. The maximum Gasteiger partial charge on any atom is 0.143 e. The minimum Gasteiger partial charge on any atom is -0.455 e. The van der Waals surface area contributed by atoms with Crippen molar-refractivity contribution >= 4 is 99.7 Å². The second-order valence-electron chi connectivity index (χ2n) is 14.5. The molecule has 0 saturated carbocycles. The molecule has 0 amide bonds. The lowest BCUT2D eigenvalue weighted by atomic mass is 9.98. The summed E-state index contributed by atoms with van der Waals surface area (Å²) in [6.45, 7) is 4.98. The minimum atomic E-state index is -2.06. The van der Waals surface area contributed by atoms with E-state index in [0.29, 0.717) is 0 Å². The molecule has 0 radical (unpaired) electrons. The predicted octanol–water partition coefficient (Wildman–Crippen LogP) is 13.0. The Morgan fingerprint density at radius 1 is 0.481 bits per heavy atom. The van der Waals surface area contributed by atoms with Gasteiger partial charge in [0.2, 0.25) is 0 Å². The third-order valence-electron chi connectivity index (χ3n) is 11.3. The standard InChI is InChI=1S/C48H33NOSSi/c1-52(2)45-27-26-40-37-13-5-7-16-42(37)50-48(40)47(45)41-25-23-34(29-46(41)52)49(33-22-24-39-38-14-6-8-17-43(38)51-44(39)28-33)32-20-18-31(19-21-32)36-15-9-11-30-10-3-4-12-35(30)36/h3-29H,1-2H3. The molecule has 2 aromatic heterocycles. The fourth-order valence-electron chi connectivity index (χ4n) is 8.70. The Morgan fingerprint density at radius 2 is 1.15 bits per heavy atom. The Hall–Kier alpha value is -5.94. The number of hydrogen-bond donors (Lipinski definition) is 0. The molecule has 2 nitrogen and oxygen atoms in total. The van der Waals surface area contributed by atoms with Gasteiger partial charge in [-0.15, -0.1) is 11.3 Å². The van der Waals surface area contributed by atoms with Crippen LogP contribution in [0.15, 0.2) is 168 Å². The van der Waals surface area contributed by atoms with Crippen LogP contribution in [0.3, 0.4) is 0 Å². The van der Waals surface area contributed by atoms with Gasteiger partial charge in [0.25, 0.3) is 0 Å². The number of hydrogen-bond acceptors (Lipinski definition) is 3. The number of furan rings is 1. The Balaban J connectivity index is 1.09. The zero-order chi connectivity index (χ0) is 34.6. The second kappa shape index (κ2) is 11.0. The average molecular weight is 700 g/mol. The Bertz CT molecular complexity index is 3050. The first-order chi connectivity index (χ1) is 25.5. The summed E-state index contributed by atoms with van der Waals surface area (Å²) in [6.07, 6.45) is 0. The number of fused-ring (bicyclic) bond motifs is 11. The molecule has 11 rings (SSSR count). The first kappa shape index (κ1) is 29.8. The van der Waals surface area contributed by atoms with E-state index in [1.165, 1.54) is 80.0 Å². The molecule has 246 valence electrons. The van der Waals surface area contributed by atoms with Crippen molar-refractivity contribution in [2.45, 2.75) is 13.1 Å². The molecule has 8 aromatic carbocycles. The number of thiophene rings is 1. The summed E-state index contributed by atoms with van der Waals surface area (Å²) in [4.78, 5) is 2.45. The summed E-state index contributed by atoms with van der Waals surface area (Å²) in [5.74, 6) is 0. The molecule has 3 heterocycles. The predicted molar refractivity (Wildman–Crippen MR) is 226 cm³/mol.